The maximum absolute atomic E-state index is 11.7. The van der Waals surface area contributed by atoms with Crippen LogP contribution in [0.1, 0.15) is 16.7 Å². The predicted molar refractivity (Wildman–Crippen MR) is 77.2 cm³/mol. The van der Waals surface area contributed by atoms with Gasteiger partial charge < -0.3 is 4.74 Å². The molecule has 0 fully saturated rings. The van der Waals surface area contributed by atoms with Crippen LogP contribution in [0, 0.1) is 19.3 Å². The third-order valence-electron chi connectivity index (χ3n) is 2.68. The van der Waals surface area contributed by atoms with E-state index < -0.39 is 6.09 Å². The number of carbonyl (C=O) groups is 1. The molecule has 1 heterocycles. The summed E-state index contributed by atoms with van der Waals surface area (Å²) in [6.45, 7) is 2.04. The summed E-state index contributed by atoms with van der Waals surface area (Å²) in [7, 11) is 0. The van der Waals surface area contributed by atoms with Crippen LogP contribution in [0.5, 0.6) is 0 Å². The van der Waals surface area contributed by atoms with Crippen LogP contribution in [0.2, 0.25) is 0 Å². The molecule has 0 aliphatic carbocycles. The molecule has 0 aliphatic heterocycles. The number of hydrogen-bond acceptors (Lipinski definition) is 3. The number of hydrogen-bond donors (Lipinski definition) is 1. The van der Waals surface area contributed by atoms with Crippen LogP contribution in [0.3, 0.4) is 0 Å². The van der Waals surface area contributed by atoms with Crippen LogP contribution < -0.4 is 5.32 Å². The van der Waals surface area contributed by atoms with Crippen LogP contribution in [0.4, 0.5) is 10.6 Å². The third-order valence-corrected chi connectivity index (χ3v) is 2.68. The molecule has 0 saturated carbocycles. The Kier molecular flexibility index (Phi) is 4.35. The average Bonchev–Trinajstić information content (AvgIpc) is 2.48. The first kappa shape index (κ1) is 13.6. The summed E-state index contributed by atoms with van der Waals surface area (Å²) in [5.74, 6) is 2.93. The molecule has 0 spiro atoms. The zero-order valence-electron chi connectivity index (χ0n) is 11.1. The highest BCUT2D eigenvalue weighted by molar-refractivity contribution is 5.84. The summed E-state index contributed by atoms with van der Waals surface area (Å²) in [6.07, 6.45) is 6.26. The summed E-state index contributed by atoms with van der Waals surface area (Å²) < 4.78 is 5.11. The molecule has 2 rings (SSSR count). The molecule has 1 amide bonds. The number of terminal acetylenes is 1. The van der Waals surface area contributed by atoms with Crippen molar-refractivity contribution < 1.29 is 9.53 Å². The molecule has 1 N–H and O–H groups in total. The first-order valence-electron chi connectivity index (χ1n) is 6.10. The van der Waals surface area contributed by atoms with Crippen molar-refractivity contribution in [3.05, 3.63) is 59.3 Å². The van der Waals surface area contributed by atoms with Gasteiger partial charge in [-0.3, -0.25) is 5.32 Å². The van der Waals surface area contributed by atoms with E-state index >= 15 is 0 Å². The van der Waals surface area contributed by atoms with Gasteiger partial charge in [-0.25, -0.2) is 9.78 Å². The Morgan fingerprint density at radius 1 is 1.40 bits per heavy atom. The van der Waals surface area contributed by atoms with E-state index in [1.807, 2.05) is 37.3 Å². The molecule has 0 bridgehead atoms. The molecule has 0 atom stereocenters. The van der Waals surface area contributed by atoms with Crippen molar-refractivity contribution in [3.63, 3.8) is 0 Å². The minimum Gasteiger partial charge on any atom is -0.444 e. The van der Waals surface area contributed by atoms with Crippen molar-refractivity contribution in [1.82, 2.24) is 4.98 Å². The fourth-order valence-corrected chi connectivity index (χ4v) is 1.64. The van der Waals surface area contributed by atoms with Crippen molar-refractivity contribution in [3.8, 4) is 12.3 Å². The van der Waals surface area contributed by atoms with Gasteiger partial charge in [-0.05, 0) is 24.1 Å². The van der Waals surface area contributed by atoms with Gasteiger partial charge in [0.25, 0.3) is 0 Å². The van der Waals surface area contributed by atoms with Gasteiger partial charge in [0.05, 0.1) is 0 Å². The Balaban J connectivity index is 1.93. The number of pyridine rings is 1. The zero-order valence-corrected chi connectivity index (χ0v) is 11.1. The molecular formula is C16H14N2O2. The van der Waals surface area contributed by atoms with Crippen molar-refractivity contribution in [2.45, 2.75) is 13.5 Å². The number of ether oxygens (including phenoxy) is 1. The van der Waals surface area contributed by atoms with E-state index in [9.17, 15) is 4.79 Å². The molecule has 100 valence electrons. The molecular weight excluding hydrogens is 252 g/mol. The molecule has 1 aromatic carbocycles. The number of nitrogens with one attached hydrogen (secondary N) is 1. The summed E-state index contributed by atoms with van der Waals surface area (Å²) in [6, 6.07) is 11.2. The average molecular weight is 266 g/mol. The lowest BCUT2D eigenvalue weighted by Gasteiger charge is -2.08. The van der Waals surface area contributed by atoms with Gasteiger partial charge in [0.15, 0.2) is 0 Å². The lowest BCUT2D eigenvalue weighted by atomic mass is 10.2. The van der Waals surface area contributed by atoms with E-state index in [2.05, 4.69) is 16.2 Å². The van der Waals surface area contributed by atoms with Crippen LogP contribution in [0.15, 0.2) is 42.6 Å². The number of aryl methyl sites for hydroxylation is 1. The highest BCUT2D eigenvalue weighted by Crippen LogP contribution is 2.12. The highest BCUT2D eigenvalue weighted by atomic mass is 16.5. The second-order valence-electron chi connectivity index (χ2n) is 4.22. The summed E-state index contributed by atoms with van der Waals surface area (Å²) in [5, 5.41) is 2.59. The van der Waals surface area contributed by atoms with E-state index in [1.54, 1.807) is 6.07 Å². The minimum atomic E-state index is -0.544. The van der Waals surface area contributed by atoms with Crippen LogP contribution in [-0.2, 0) is 11.3 Å². The Morgan fingerprint density at radius 2 is 2.15 bits per heavy atom. The maximum Gasteiger partial charge on any atom is 0.413 e. The Bertz CT molecular complexity index is 645. The number of nitrogens with zero attached hydrogens (tertiary/aromatic N) is 1. The normalized spacial score (nSPS) is 9.60. The molecule has 0 saturated heterocycles. The Labute approximate surface area is 117 Å². The summed E-state index contributed by atoms with van der Waals surface area (Å²) >= 11 is 0. The Morgan fingerprint density at radius 3 is 2.80 bits per heavy atom. The van der Waals surface area contributed by atoms with Gasteiger partial charge in [-0.1, -0.05) is 36.3 Å². The van der Waals surface area contributed by atoms with E-state index in [1.165, 1.54) is 6.20 Å². The van der Waals surface area contributed by atoms with E-state index in [4.69, 9.17) is 11.2 Å². The number of amides is 1. The topological polar surface area (TPSA) is 51.2 Å². The second-order valence-corrected chi connectivity index (χ2v) is 4.22. The van der Waals surface area contributed by atoms with Crippen LogP contribution >= 0.6 is 0 Å². The Hall–Kier alpha value is -2.80. The molecule has 20 heavy (non-hydrogen) atoms. The van der Waals surface area contributed by atoms with E-state index in [-0.39, 0.29) is 6.61 Å². The third kappa shape index (κ3) is 3.59. The van der Waals surface area contributed by atoms with Gasteiger partial charge in [0.2, 0.25) is 0 Å². The molecule has 0 unspecified atom stereocenters. The SMILES string of the molecule is C#Cc1cnc(NC(=O)OCc2ccccc2)c(C)c1. The molecule has 0 aliphatic rings. The zero-order chi connectivity index (χ0) is 14.4. The summed E-state index contributed by atoms with van der Waals surface area (Å²) in [4.78, 5) is 15.8. The largest absolute Gasteiger partial charge is 0.444 e. The van der Waals surface area contributed by atoms with Gasteiger partial charge >= 0.3 is 6.09 Å². The first-order chi connectivity index (χ1) is 9.69. The van der Waals surface area contributed by atoms with Crippen molar-refractivity contribution >= 4 is 11.9 Å². The number of aromatic nitrogens is 1. The fourth-order valence-electron chi connectivity index (χ4n) is 1.64. The fraction of sp³-hybridized carbons (Fsp3) is 0.125. The molecule has 2 aromatic rings. The van der Waals surface area contributed by atoms with Crippen LogP contribution in [0.25, 0.3) is 0 Å². The molecule has 0 radical (unpaired) electrons. The van der Waals surface area contributed by atoms with Gasteiger partial charge in [-0.15, -0.1) is 6.42 Å². The number of anilines is 1. The lowest BCUT2D eigenvalue weighted by molar-refractivity contribution is 0.155. The van der Waals surface area contributed by atoms with Gasteiger partial charge in [-0.2, -0.15) is 0 Å². The lowest BCUT2D eigenvalue weighted by Crippen LogP contribution is -2.15. The molecule has 4 nitrogen and oxygen atoms in total. The summed E-state index contributed by atoms with van der Waals surface area (Å²) in [5.41, 5.74) is 2.39. The quantitative estimate of drug-likeness (QED) is 0.868. The maximum atomic E-state index is 11.7. The van der Waals surface area contributed by atoms with Gasteiger partial charge in [0, 0.05) is 11.8 Å². The minimum absolute atomic E-state index is 0.216. The number of carbonyl (C=O) groups excluding carboxylic acids is 1. The van der Waals surface area contributed by atoms with E-state index in [0.29, 0.717) is 11.4 Å². The predicted octanol–water partition coefficient (Wildman–Crippen LogP) is 3.12. The highest BCUT2D eigenvalue weighted by Gasteiger charge is 2.07. The van der Waals surface area contributed by atoms with Crippen LogP contribution in [-0.4, -0.2) is 11.1 Å². The number of rotatable bonds is 3. The van der Waals surface area contributed by atoms with E-state index in [0.717, 1.165) is 11.1 Å². The van der Waals surface area contributed by atoms with Gasteiger partial charge in [0.1, 0.15) is 12.4 Å². The van der Waals surface area contributed by atoms with Crippen molar-refractivity contribution in [2.75, 3.05) is 5.32 Å². The second kappa shape index (κ2) is 6.39. The standard InChI is InChI=1S/C16H14N2O2/c1-3-13-9-12(2)15(17-10-13)18-16(19)20-11-14-7-5-4-6-8-14/h1,4-10H,11H2,2H3,(H,17,18,19). The molecule has 1 aromatic heterocycles. The number of benzene rings is 1. The molecule has 4 heteroatoms. The van der Waals surface area contributed by atoms with Crippen molar-refractivity contribution in [1.29, 1.82) is 0 Å². The first-order valence-corrected chi connectivity index (χ1v) is 6.10. The van der Waals surface area contributed by atoms with Crippen molar-refractivity contribution in [2.24, 2.45) is 0 Å². The smallest absolute Gasteiger partial charge is 0.413 e. The monoisotopic (exact) mass is 266 g/mol.